The lowest BCUT2D eigenvalue weighted by Crippen LogP contribution is -2.57. The number of para-hydroxylation sites is 1. The van der Waals surface area contributed by atoms with Gasteiger partial charge in [0.05, 0.1) is 6.61 Å². The second-order valence-electron chi connectivity index (χ2n) is 9.10. The number of carbonyl (C=O) groups is 4. The zero-order valence-electron chi connectivity index (χ0n) is 22.3. The van der Waals surface area contributed by atoms with E-state index in [1.807, 2.05) is 30.5 Å². The first-order valence-corrected chi connectivity index (χ1v) is 14.1. The number of aliphatic imine (C=N–C) groups is 1. The summed E-state index contributed by atoms with van der Waals surface area (Å²) < 4.78 is 0. The molecule has 0 saturated heterocycles. The number of nitrogens with zero attached hydrogens (tertiary/aromatic N) is 1. The number of guanidine groups is 1. The number of fused-ring (bicyclic) bond motifs is 1. The number of aliphatic hydroxyl groups excluding tert-OH is 1. The van der Waals surface area contributed by atoms with Gasteiger partial charge in [-0.3, -0.25) is 19.4 Å². The second kappa shape index (κ2) is 16.3. The van der Waals surface area contributed by atoms with Gasteiger partial charge in [0.2, 0.25) is 17.7 Å². The number of hydrogen-bond acceptors (Lipinski definition) is 8. The third kappa shape index (κ3) is 10.1. The van der Waals surface area contributed by atoms with Crippen molar-refractivity contribution in [3.05, 3.63) is 36.0 Å². The fourth-order valence-corrected chi connectivity index (χ4v) is 4.38. The molecular formula is C25H38N8O6S. The molecule has 0 radical (unpaired) electrons. The van der Waals surface area contributed by atoms with Crippen LogP contribution in [0.4, 0.5) is 0 Å². The normalized spacial score (nSPS) is 14.0. The second-order valence-corrected chi connectivity index (χ2v) is 10.1. The molecule has 4 unspecified atom stereocenters. The number of thioether (sulfide) groups is 1. The number of aromatic amines is 1. The highest BCUT2D eigenvalue weighted by molar-refractivity contribution is 7.98. The van der Waals surface area contributed by atoms with Gasteiger partial charge in [0.25, 0.3) is 0 Å². The van der Waals surface area contributed by atoms with Crippen LogP contribution in [0.1, 0.15) is 24.8 Å². The van der Waals surface area contributed by atoms with Crippen molar-refractivity contribution < 1.29 is 29.4 Å². The molecule has 1 heterocycles. The monoisotopic (exact) mass is 578 g/mol. The van der Waals surface area contributed by atoms with E-state index in [0.717, 1.165) is 10.9 Å². The maximum atomic E-state index is 13.3. The summed E-state index contributed by atoms with van der Waals surface area (Å²) in [6.07, 6.45) is 4.15. The summed E-state index contributed by atoms with van der Waals surface area (Å²) in [5.41, 5.74) is 17.8. The Balaban J connectivity index is 2.21. The number of aliphatic hydroxyl groups is 1. The topological polar surface area (TPSA) is 251 Å². The van der Waals surface area contributed by atoms with Gasteiger partial charge in [-0.2, -0.15) is 11.8 Å². The van der Waals surface area contributed by atoms with E-state index in [2.05, 4.69) is 25.9 Å². The lowest BCUT2D eigenvalue weighted by Gasteiger charge is -2.25. The highest BCUT2D eigenvalue weighted by Crippen LogP contribution is 2.19. The third-order valence-corrected chi connectivity index (χ3v) is 6.71. The Labute approximate surface area is 235 Å². The Bertz CT molecular complexity index is 1190. The Morgan fingerprint density at radius 3 is 2.25 bits per heavy atom. The van der Waals surface area contributed by atoms with Crippen molar-refractivity contribution in [2.24, 2.45) is 22.2 Å². The number of carboxylic acids is 1. The lowest BCUT2D eigenvalue weighted by atomic mass is 10.0. The number of nitrogens with two attached hydrogens (primary N) is 3. The van der Waals surface area contributed by atoms with E-state index in [4.69, 9.17) is 22.3 Å². The molecular weight excluding hydrogens is 540 g/mol. The molecule has 14 nitrogen and oxygen atoms in total. The number of rotatable bonds is 17. The van der Waals surface area contributed by atoms with Gasteiger partial charge < -0.3 is 48.3 Å². The van der Waals surface area contributed by atoms with Gasteiger partial charge in [0.15, 0.2) is 5.96 Å². The highest BCUT2D eigenvalue weighted by Gasteiger charge is 2.30. The molecule has 220 valence electrons. The lowest BCUT2D eigenvalue weighted by molar-refractivity contribution is -0.142. The number of hydrogen-bond donors (Lipinski definition) is 9. The van der Waals surface area contributed by atoms with Crippen molar-refractivity contribution >= 4 is 52.3 Å². The number of aliphatic carboxylic acids is 1. The average Bonchev–Trinajstić information content (AvgIpc) is 3.33. The number of benzene rings is 1. The molecule has 0 bridgehead atoms. The van der Waals surface area contributed by atoms with Crippen LogP contribution in [0.25, 0.3) is 10.9 Å². The van der Waals surface area contributed by atoms with Crippen molar-refractivity contribution in [1.82, 2.24) is 20.9 Å². The van der Waals surface area contributed by atoms with E-state index in [-0.39, 0.29) is 31.8 Å². The first-order chi connectivity index (χ1) is 19.1. The van der Waals surface area contributed by atoms with Gasteiger partial charge in [-0.1, -0.05) is 18.2 Å². The predicted octanol–water partition coefficient (Wildman–Crippen LogP) is -1.62. The van der Waals surface area contributed by atoms with E-state index in [1.54, 1.807) is 6.20 Å². The molecule has 0 aliphatic heterocycles. The molecule has 40 heavy (non-hydrogen) atoms. The molecule has 0 aliphatic rings. The van der Waals surface area contributed by atoms with Crippen LogP contribution < -0.4 is 33.2 Å². The van der Waals surface area contributed by atoms with Crippen molar-refractivity contribution in [3.63, 3.8) is 0 Å². The number of carbonyl (C=O) groups excluding carboxylic acids is 3. The van der Waals surface area contributed by atoms with Gasteiger partial charge in [-0.25, -0.2) is 4.79 Å². The van der Waals surface area contributed by atoms with E-state index in [1.165, 1.54) is 11.8 Å². The molecule has 2 aromatic rings. The minimum atomic E-state index is -1.28. The quantitative estimate of drug-likeness (QED) is 0.0589. The summed E-state index contributed by atoms with van der Waals surface area (Å²) >= 11 is 1.45. The van der Waals surface area contributed by atoms with Gasteiger partial charge in [0, 0.05) is 30.1 Å². The van der Waals surface area contributed by atoms with Crippen molar-refractivity contribution in [2.45, 2.75) is 49.9 Å². The van der Waals surface area contributed by atoms with Gasteiger partial charge in [-0.15, -0.1) is 0 Å². The van der Waals surface area contributed by atoms with Crippen LogP contribution in [0.2, 0.25) is 0 Å². The van der Waals surface area contributed by atoms with Crippen LogP contribution in [0.15, 0.2) is 35.5 Å². The molecule has 0 fully saturated rings. The van der Waals surface area contributed by atoms with Crippen LogP contribution in [0, 0.1) is 0 Å². The molecule has 2 rings (SSSR count). The first-order valence-electron chi connectivity index (χ1n) is 12.7. The van der Waals surface area contributed by atoms with E-state index < -0.39 is 54.5 Å². The van der Waals surface area contributed by atoms with Gasteiger partial charge in [-0.05, 0) is 42.9 Å². The maximum absolute atomic E-state index is 13.3. The zero-order chi connectivity index (χ0) is 29.7. The van der Waals surface area contributed by atoms with E-state index in [0.29, 0.717) is 17.7 Å². The zero-order valence-corrected chi connectivity index (χ0v) is 23.1. The minimum Gasteiger partial charge on any atom is -0.480 e. The number of aromatic nitrogens is 1. The molecule has 3 amide bonds. The molecule has 12 N–H and O–H groups in total. The van der Waals surface area contributed by atoms with Crippen LogP contribution in [-0.4, -0.2) is 94.2 Å². The van der Waals surface area contributed by atoms with Crippen LogP contribution in [0.5, 0.6) is 0 Å². The van der Waals surface area contributed by atoms with Crippen LogP contribution in [0.3, 0.4) is 0 Å². The number of carboxylic acid groups (broad SMARTS) is 1. The summed E-state index contributed by atoms with van der Waals surface area (Å²) in [5.74, 6) is -2.95. The fourth-order valence-electron chi connectivity index (χ4n) is 3.90. The summed E-state index contributed by atoms with van der Waals surface area (Å²) in [5, 5.41) is 27.5. The molecule has 0 spiro atoms. The van der Waals surface area contributed by atoms with Gasteiger partial charge in [0.1, 0.15) is 24.2 Å². The van der Waals surface area contributed by atoms with Crippen LogP contribution in [-0.2, 0) is 25.6 Å². The smallest absolute Gasteiger partial charge is 0.326 e. The molecule has 0 saturated carbocycles. The SMILES string of the molecule is CSCCC(NC(=O)C(N)CO)C(=O)NC(CCCN=C(N)N)C(=O)NC(Cc1c[nH]c2ccccc12)C(=O)O. The Morgan fingerprint density at radius 2 is 1.62 bits per heavy atom. The summed E-state index contributed by atoms with van der Waals surface area (Å²) in [6.45, 7) is -0.427. The molecule has 1 aromatic heterocycles. The summed E-state index contributed by atoms with van der Waals surface area (Å²) in [7, 11) is 0. The fraction of sp³-hybridized carbons (Fsp3) is 0.480. The standard InChI is InChI=1S/C25H38N8O6S/c1-40-10-8-19(31-21(35)16(26)13-34)23(37)32-18(7-4-9-29-25(27)28)22(36)33-20(24(38)39)11-14-12-30-17-6-3-2-5-15(14)17/h2-3,5-6,12,16,18-20,30,34H,4,7-11,13,26H2,1H3,(H,31,35)(H,32,37)(H,33,36)(H,38,39)(H4,27,28,29). The maximum Gasteiger partial charge on any atom is 0.326 e. The molecule has 15 heteroatoms. The van der Waals surface area contributed by atoms with Crippen LogP contribution >= 0.6 is 11.8 Å². The van der Waals surface area contributed by atoms with Crippen molar-refractivity contribution in [3.8, 4) is 0 Å². The average molecular weight is 579 g/mol. The number of amides is 3. The largest absolute Gasteiger partial charge is 0.480 e. The Kier molecular flexibility index (Phi) is 13.2. The third-order valence-electron chi connectivity index (χ3n) is 6.07. The summed E-state index contributed by atoms with van der Waals surface area (Å²) in [6, 6.07) is 2.70. The number of nitrogens with one attached hydrogen (secondary N) is 4. The van der Waals surface area contributed by atoms with Crippen molar-refractivity contribution in [1.29, 1.82) is 0 Å². The first kappa shape index (κ1) is 32.4. The number of H-pyrrole nitrogens is 1. The minimum absolute atomic E-state index is 0.00517. The predicted molar refractivity (Wildman–Crippen MR) is 153 cm³/mol. The summed E-state index contributed by atoms with van der Waals surface area (Å²) in [4.78, 5) is 57.7. The Hall–Kier alpha value is -3.82. The molecule has 4 atom stereocenters. The van der Waals surface area contributed by atoms with Crippen molar-refractivity contribution in [2.75, 3.05) is 25.2 Å². The molecule has 0 aliphatic carbocycles. The van der Waals surface area contributed by atoms with E-state index in [9.17, 15) is 24.3 Å². The van der Waals surface area contributed by atoms with E-state index >= 15 is 0 Å². The van der Waals surface area contributed by atoms with Gasteiger partial charge >= 0.3 is 5.97 Å². The highest BCUT2D eigenvalue weighted by atomic mass is 32.2. The Morgan fingerprint density at radius 1 is 1.00 bits per heavy atom. The molecule has 1 aromatic carbocycles.